The van der Waals surface area contributed by atoms with E-state index < -0.39 is 0 Å². The van der Waals surface area contributed by atoms with Gasteiger partial charge in [0, 0.05) is 38.2 Å². The van der Waals surface area contributed by atoms with Crippen molar-refractivity contribution in [1.29, 1.82) is 0 Å². The predicted octanol–water partition coefficient (Wildman–Crippen LogP) is 2.12. The quantitative estimate of drug-likeness (QED) is 0.729. The molecule has 0 atom stereocenters. The van der Waals surface area contributed by atoms with Crippen molar-refractivity contribution in [3.63, 3.8) is 0 Å². The third-order valence-corrected chi connectivity index (χ3v) is 4.54. The first-order valence-electron chi connectivity index (χ1n) is 9.13. The number of hydrogen-bond acceptors (Lipinski definition) is 4. The van der Waals surface area contributed by atoms with Crippen LogP contribution in [0.1, 0.15) is 42.6 Å². The van der Waals surface area contributed by atoms with Gasteiger partial charge < -0.3 is 14.5 Å². The molecule has 2 amide bonds. The summed E-state index contributed by atoms with van der Waals surface area (Å²) in [6.07, 6.45) is 1.25. The minimum atomic E-state index is -0.381. The second-order valence-electron chi connectivity index (χ2n) is 7.04. The van der Waals surface area contributed by atoms with Crippen LogP contribution in [0.4, 0.5) is 0 Å². The Hall–Kier alpha value is -2.37. The van der Waals surface area contributed by atoms with Crippen LogP contribution in [-0.4, -0.2) is 60.9 Å². The highest BCUT2D eigenvalue weighted by molar-refractivity contribution is 5.94. The van der Waals surface area contributed by atoms with Crippen molar-refractivity contribution in [2.75, 3.05) is 33.3 Å². The largest absolute Gasteiger partial charge is 0.469 e. The van der Waals surface area contributed by atoms with Crippen LogP contribution in [0.3, 0.4) is 0 Å². The minimum Gasteiger partial charge on any atom is -0.469 e. The fourth-order valence-corrected chi connectivity index (χ4v) is 3.07. The van der Waals surface area contributed by atoms with Gasteiger partial charge in [-0.15, -0.1) is 0 Å². The van der Waals surface area contributed by atoms with E-state index in [1.54, 1.807) is 9.80 Å². The fraction of sp³-hybridized carbons (Fsp3) is 0.550. The summed E-state index contributed by atoms with van der Waals surface area (Å²) in [6.45, 7) is 6.36. The maximum atomic E-state index is 12.6. The Morgan fingerprint density at radius 2 is 1.54 bits per heavy atom. The molecule has 1 saturated heterocycles. The van der Waals surface area contributed by atoms with Crippen molar-refractivity contribution in [3.05, 3.63) is 35.4 Å². The van der Waals surface area contributed by atoms with Gasteiger partial charge in [-0.3, -0.25) is 14.4 Å². The third-order valence-electron chi connectivity index (χ3n) is 4.54. The molecule has 1 heterocycles. The van der Waals surface area contributed by atoms with Gasteiger partial charge in [-0.05, 0) is 30.0 Å². The third kappa shape index (κ3) is 5.58. The lowest BCUT2D eigenvalue weighted by Crippen LogP contribution is -2.50. The number of ether oxygens (including phenoxy) is 1. The maximum Gasteiger partial charge on any atom is 0.306 e. The van der Waals surface area contributed by atoms with Crippen molar-refractivity contribution >= 4 is 17.8 Å². The van der Waals surface area contributed by atoms with Gasteiger partial charge in [0.15, 0.2) is 0 Å². The number of hydrogen-bond donors (Lipinski definition) is 0. The van der Waals surface area contributed by atoms with Crippen LogP contribution in [-0.2, 0) is 20.7 Å². The minimum absolute atomic E-state index is 0.00255. The number of nitrogens with zero attached hydrogens (tertiary/aromatic N) is 2. The molecule has 0 N–H and O–H groups in total. The highest BCUT2D eigenvalue weighted by atomic mass is 16.5. The highest BCUT2D eigenvalue weighted by Crippen LogP contribution is 2.13. The molecule has 0 unspecified atom stereocenters. The highest BCUT2D eigenvalue weighted by Gasteiger charge is 2.25. The molecular formula is C20H28N2O4. The molecule has 0 radical (unpaired) electrons. The Labute approximate surface area is 155 Å². The van der Waals surface area contributed by atoms with Crippen molar-refractivity contribution < 1.29 is 19.1 Å². The molecule has 0 aromatic heterocycles. The van der Waals surface area contributed by atoms with Gasteiger partial charge in [-0.2, -0.15) is 0 Å². The number of rotatable bonds is 6. The molecule has 1 aliphatic heterocycles. The van der Waals surface area contributed by atoms with Crippen LogP contribution in [0.5, 0.6) is 0 Å². The molecule has 1 aromatic rings. The first-order valence-corrected chi connectivity index (χ1v) is 9.13. The molecule has 0 saturated carbocycles. The van der Waals surface area contributed by atoms with Crippen LogP contribution in [0.25, 0.3) is 0 Å². The van der Waals surface area contributed by atoms with Crippen LogP contribution >= 0.6 is 0 Å². The van der Waals surface area contributed by atoms with Gasteiger partial charge in [0.2, 0.25) is 5.91 Å². The zero-order chi connectivity index (χ0) is 19.1. The standard InChI is InChI=1S/C20H28N2O4/c1-15(2)14-16-4-6-17(7-5-16)20(25)22-12-10-21(11-13-22)18(23)8-9-19(24)26-3/h4-7,15H,8-14H2,1-3H3. The smallest absolute Gasteiger partial charge is 0.306 e. The number of benzene rings is 1. The first-order chi connectivity index (χ1) is 12.4. The van der Waals surface area contributed by atoms with Crippen molar-refractivity contribution in [3.8, 4) is 0 Å². The lowest BCUT2D eigenvalue weighted by atomic mass is 10.0. The molecule has 1 fully saturated rings. The predicted molar refractivity (Wildman–Crippen MR) is 98.7 cm³/mol. The summed E-state index contributed by atoms with van der Waals surface area (Å²) >= 11 is 0. The van der Waals surface area contributed by atoms with E-state index in [-0.39, 0.29) is 30.6 Å². The summed E-state index contributed by atoms with van der Waals surface area (Å²) in [4.78, 5) is 39.4. The van der Waals surface area contributed by atoms with Gasteiger partial charge >= 0.3 is 5.97 Å². The summed E-state index contributed by atoms with van der Waals surface area (Å²) < 4.78 is 4.55. The second kappa shape index (κ2) is 9.36. The van der Waals surface area contributed by atoms with Crippen LogP contribution in [0.15, 0.2) is 24.3 Å². The maximum absolute atomic E-state index is 12.6. The second-order valence-corrected chi connectivity index (χ2v) is 7.04. The Morgan fingerprint density at radius 1 is 0.962 bits per heavy atom. The van der Waals surface area contributed by atoms with E-state index >= 15 is 0 Å². The van der Waals surface area contributed by atoms with Gasteiger partial charge in [0.25, 0.3) is 5.91 Å². The van der Waals surface area contributed by atoms with E-state index in [0.29, 0.717) is 37.7 Å². The molecule has 6 heteroatoms. The Balaban J connectivity index is 1.84. The molecule has 142 valence electrons. The number of carbonyl (C=O) groups excluding carboxylic acids is 3. The van der Waals surface area contributed by atoms with Crippen molar-refractivity contribution in [2.45, 2.75) is 33.1 Å². The van der Waals surface area contributed by atoms with Gasteiger partial charge in [-0.1, -0.05) is 26.0 Å². The van der Waals surface area contributed by atoms with E-state index in [2.05, 4.69) is 18.6 Å². The van der Waals surface area contributed by atoms with E-state index in [1.165, 1.54) is 12.7 Å². The molecule has 26 heavy (non-hydrogen) atoms. The van der Waals surface area contributed by atoms with Crippen LogP contribution in [0.2, 0.25) is 0 Å². The topological polar surface area (TPSA) is 66.9 Å². The van der Waals surface area contributed by atoms with Gasteiger partial charge in [-0.25, -0.2) is 0 Å². The summed E-state index contributed by atoms with van der Waals surface area (Å²) in [7, 11) is 1.31. The van der Waals surface area contributed by atoms with Gasteiger partial charge in [0.1, 0.15) is 0 Å². The van der Waals surface area contributed by atoms with Crippen LogP contribution in [0, 0.1) is 5.92 Å². The first kappa shape index (κ1) is 19.9. The molecular weight excluding hydrogens is 332 g/mol. The molecule has 1 aromatic carbocycles. The average molecular weight is 360 g/mol. The molecule has 0 spiro atoms. The zero-order valence-corrected chi connectivity index (χ0v) is 15.9. The van der Waals surface area contributed by atoms with E-state index in [1.807, 2.05) is 24.3 Å². The zero-order valence-electron chi connectivity index (χ0n) is 15.9. The number of carbonyl (C=O) groups is 3. The summed E-state index contributed by atoms with van der Waals surface area (Å²) in [5.41, 5.74) is 1.92. The van der Waals surface area contributed by atoms with Crippen molar-refractivity contribution in [2.24, 2.45) is 5.92 Å². The van der Waals surface area contributed by atoms with Gasteiger partial charge in [0.05, 0.1) is 13.5 Å². The van der Waals surface area contributed by atoms with Crippen molar-refractivity contribution in [1.82, 2.24) is 9.80 Å². The number of piperazine rings is 1. The SMILES string of the molecule is COC(=O)CCC(=O)N1CCN(C(=O)c2ccc(CC(C)C)cc2)CC1. The monoisotopic (exact) mass is 360 g/mol. The van der Waals surface area contributed by atoms with E-state index in [4.69, 9.17) is 0 Å². The normalized spacial score (nSPS) is 14.5. The summed E-state index contributed by atoms with van der Waals surface area (Å²) in [5, 5.41) is 0. The molecule has 6 nitrogen and oxygen atoms in total. The molecule has 0 aliphatic carbocycles. The lowest BCUT2D eigenvalue weighted by molar-refractivity contribution is -0.143. The van der Waals surface area contributed by atoms with E-state index in [0.717, 1.165) is 6.42 Å². The molecule has 0 bridgehead atoms. The average Bonchev–Trinajstić information content (AvgIpc) is 2.65. The Morgan fingerprint density at radius 3 is 2.08 bits per heavy atom. The Bertz CT molecular complexity index is 632. The summed E-state index contributed by atoms with van der Waals surface area (Å²) in [5.74, 6) is 0.137. The number of esters is 1. The molecule has 1 aliphatic rings. The lowest BCUT2D eigenvalue weighted by Gasteiger charge is -2.34. The number of amides is 2. The Kier molecular flexibility index (Phi) is 7.18. The fourth-order valence-electron chi connectivity index (χ4n) is 3.07. The van der Waals surface area contributed by atoms with Crippen LogP contribution < -0.4 is 0 Å². The summed E-state index contributed by atoms with van der Waals surface area (Å²) in [6, 6.07) is 7.79. The number of methoxy groups -OCH3 is 1. The van der Waals surface area contributed by atoms with E-state index in [9.17, 15) is 14.4 Å². The molecule has 2 rings (SSSR count).